The Morgan fingerprint density at radius 1 is 1.19 bits per heavy atom. The van der Waals surface area contributed by atoms with Crippen molar-refractivity contribution in [1.82, 2.24) is 5.32 Å². The van der Waals surface area contributed by atoms with E-state index < -0.39 is 17.8 Å². The molecule has 194 valence electrons. The van der Waals surface area contributed by atoms with Gasteiger partial charge in [0.2, 0.25) is 0 Å². The van der Waals surface area contributed by atoms with Gasteiger partial charge in [0.1, 0.15) is 23.9 Å². The summed E-state index contributed by atoms with van der Waals surface area (Å²) in [6.45, 7) is 0. The number of carbonyl (C=O) groups excluding carboxylic acids is 1. The van der Waals surface area contributed by atoms with E-state index in [1.54, 1.807) is 6.21 Å². The highest BCUT2D eigenvalue weighted by Crippen LogP contribution is 2.38. The second kappa shape index (κ2) is 10.1. The van der Waals surface area contributed by atoms with Gasteiger partial charge >= 0.3 is 0 Å². The van der Waals surface area contributed by atoms with Crippen molar-refractivity contribution in [3.8, 4) is 0 Å². The Bertz CT molecular complexity index is 1190. The van der Waals surface area contributed by atoms with Gasteiger partial charge in [0.05, 0.1) is 5.71 Å². The van der Waals surface area contributed by atoms with Crippen molar-refractivity contribution >= 4 is 23.5 Å². The van der Waals surface area contributed by atoms with Crippen LogP contribution in [0.5, 0.6) is 0 Å². The van der Waals surface area contributed by atoms with Crippen molar-refractivity contribution in [2.45, 2.75) is 81.5 Å². The van der Waals surface area contributed by atoms with E-state index in [1.165, 1.54) is 12.8 Å². The van der Waals surface area contributed by atoms with E-state index in [1.807, 2.05) is 37.4 Å². The average Bonchev–Trinajstić information content (AvgIpc) is 3.85. The van der Waals surface area contributed by atoms with Crippen LogP contribution in [-0.2, 0) is 9.53 Å². The van der Waals surface area contributed by atoms with Crippen LogP contribution in [0, 0.1) is 5.92 Å². The monoisotopic (exact) mass is 500 g/mol. The Labute approximate surface area is 218 Å². The number of aliphatic hydroxyl groups excluding tert-OH is 1. The Balaban J connectivity index is 1.28. The van der Waals surface area contributed by atoms with Crippen molar-refractivity contribution in [3.63, 3.8) is 0 Å². The normalized spacial score (nSPS) is 27.1. The molecule has 0 radical (unpaired) electrons. The van der Waals surface area contributed by atoms with E-state index in [4.69, 9.17) is 9.73 Å². The van der Waals surface area contributed by atoms with Crippen LogP contribution < -0.4 is 10.2 Å². The van der Waals surface area contributed by atoms with Crippen LogP contribution in [0.15, 0.2) is 64.6 Å². The maximum Gasteiger partial charge on any atom is 0.265 e. The molecule has 0 bridgehead atoms. The van der Waals surface area contributed by atoms with Gasteiger partial charge in [-0.1, -0.05) is 74.2 Å². The summed E-state index contributed by atoms with van der Waals surface area (Å²) >= 11 is 0. The van der Waals surface area contributed by atoms with Crippen LogP contribution in [0.3, 0.4) is 0 Å². The first-order chi connectivity index (χ1) is 18.0. The van der Waals surface area contributed by atoms with Crippen LogP contribution in [0.1, 0.15) is 62.5 Å². The fourth-order valence-corrected chi connectivity index (χ4v) is 5.89. The molecular weight excluding hydrogens is 464 g/mol. The molecule has 4 aliphatic rings. The van der Waals surface area contributed by atoms with Gasteiger partial charge in [-0.05, 0) is 37.7 Å². The smallest absolute Gasteiger partial charge is 0.265 e. The number of carbonyl (C=O) groups is 1. The van der Waals surface area contributed by atoms with Crippen LogP contribution in [-0.4, -0.2) is 60.1 Å². The van der Waals surface area contributed by atoms with E-state index in [0.29, 0.717) is 19.3 Å². The molecule has 6 rings (SSSR count). The summed E-state index contributed by atoms with van der Waals surface area (Å²) in [5.41, 5.74) is 3.19. The summed E-state index contributed by atoms with van der Waals surface area (Å²) in [7, 11) is 2.04. The van der Waals surface area contributed by atoms with E-state index >= 15 is 0 Å². The lowest BCUT2D eigenvalue weighted by atomic mass is 9.95. The number of hydrogen-bond acceptors (Lipinski definition) is 6. The number of nitrogens with zero attached hydrogens (tertiary/aromatic N) is 3. The molecule has 0 spiro atoms. The SMILES string of the molecule is CN1c2ccccc2C(c2ccccc2)=NC(C=NC(=O)C2(NC(O)CCC3CC3)CCCC2)C2OC21. The summed E-state index contributed by atoms with van der Waals surface area (Å²) in [6.07, 6.45) is 8.24. The highest BCUT2D eigenvalue weighted by Gasteiger charge is 2.50. The zero-order valence-corrected chi connectivity index (χ0v) is 21.4. The molecule has 0 aromatic heterocycles. The molecule has 2 saturated carbocycles. The second-order valence-electron chi connectivity index (χ2n) is 11.0. The van der Waals surface area contributed by atoms with Crippen LogP contribution in [0.25, 0.3) is 0 Å². The molecule has 1 amide bonds. The molecule has 2 aliphatic carbocycles. The molecule has 7 heteroatoms. The standard InChI is InChI=1S/C30H36N4O3/c1-34-24-12-6-5-11-22(24)26(21-9-3-2-4-10-21)32-23(27-28(34)37-27)19-31-29(36)30(17-7-8-18-30)33-25(35)16-15-20-13-14-20/h2-6,9-12,19-20,23,25,27-28,33,35H,7-8,13-18H2,1H3. The number of hydrogen-bond donors (Lipinski definition) is 2. The molecule has 2 aliphatic heterocycles. The van der Waals surface area contributed by atoms with Gasteiger partial charge in [-0.2, -0.15) is 0 Å². The Morgan fingerprint density at radius 3 is 2.68 bits per heavy atom. The number of rotatable bonds is 8. The van der Waals surface area contributed by atoms with Crippen LogP contribution >= 0.6 is 0 Å². The maximum atomic E-state index is 13.5. The lowest BCUT2D eigenvalue weighted by molar-refractivity contribution is -0.125. The van der Waals surface area contributed by atoms with Gasteiger partial charge in [-0.15, -0.1) is 0 Å². The fourth-order valence-electron chi connectivity index (χ4n) is 5.89. The third-order valence-corrected chi connectivity index (χ3v) is 8.28. The minimum Gasteiger partial charge on any atom is -0.379 e. The molecule has 2 aromatic rings. The van der Waals surface area contributed by atoms with E-state index in [-0.39, 0.29) is 18.2 Å². The summed E-state index contributed by atoms with van der Waals surface area (Å²) in [4.78, 5) is 25.3. The fraction of sp³-hybridized carbons (Fsp3) is 0.500. The Kier molecular flexibility index (Phi) is 6.69. The molecule has 2 heterocycles. The van der Waals surface area contributed by atoms with Gasteiger partial charge in [0.25, 0.3) is 5.91 Å². The van der Waals surface area contributed by atoms with Crippen LogP contribution in [0.2, 0.25) is 0 Å². The maximum absolute atomic E-state index is 13.5. The third-order valence-electron chi connectivity index (χ3n) is 8.28. The number of benzene rings is 2. The first-order valence-electron chi connectivity index (χ1n) is 13.7. The molecule has 2 N–H and O–H groups in total. The molecule has 1 saturated heterocycles. The summed E-state index contributed by atoms with van der Waals surface area (Å²) in [5, 5.41) is 13.9. The average molecular weight is 501 g/mol. The van der Waals surface area contributed by atoms with E-state index in [9.17, 15) is 9.90 Å². The molecule has 2 aromatic carbocycles. The number of aliphatic imine (C=N–C) groups is 2. The minimum absolute atomic E-state index is 0.114. The predicted molar refractivity (Wildman–Crippen MR) is 145 cm³/mol. The Hall–Kier alpha value is -2.87. The predicted octanol–water partition coefficient (Wildman–Crippen LogP) is 4.08. The molecule has 4 unspecified atom stereocenters. The quantitative estimate of drug-likeness (QED) is 0.324. The first kappa shape index (κ1) is 24.5. The molecule has 7 nitrogen and oxygen atoms in total. The summed E-state index contributed by atoms with van der Waals surface area (Å²) in [6, 6.07) is 18.0. The highest BCUT2D eigenvalue weighted by atomic mass is 16.6. The molecule has 4 atom stereocenters. The van der Waals surface area contributed by atoms with Crippen LogP contribution in [0.4, 0.5) is 5.69 Å². The largest absolute Gasteiger partial charge is 0.379 e. The van der Waals surface area contributed by atoms with Crippen molar-refractivity contribution < 1.29 is 14.6 Å². The molecule has 37 heavy (non-hydrogen) atoms. The van der Waals surface area contributed by atoms with Gasteiger partial charge in [-0.3, -0.25) is 15.1 Å². The number of fused-ring (bicyclic) bond motifs is 2. The summed E-state index contributed by atoms with van der Waals surface area (Å²) < 4.78 is 6.07. The minimum atomic E-state index is -0.791. The molecular formula is C30H36N4O3. The third kappa shape index (κ3) is 5.13. The van der Waals surface area contributed by atoms with Crippen molar-refractivity contribution in [1.29, 1.82) is 0 Å². The van der Waals surface area contributed by atoms with Gasteiger partial charge in [0, 0.05) is 30.1 Å². The number of ether oxygens (including phenoxy) is 1. The van der Waals surface area contributed by atoms with Gasteiger partial charge < -0.3 is 14.7 Å². The zero-order valence-electron chi connectivity index (χ0n) is 21.4. The number of epoxide rings is 1. The number of likely N-dealkylation sites (N-methyl/N-ethyl adjacent to an activating group) is 1. The topological polar surface area (TPSA) is 89.8 Å². The lowest BCUT2D eigenvalue weighted by Crippen LogP contribution is -2.53. The first-order valence-corrected chi connectivity index (χ1v) is 13.7. The summed E-state index contributed by atoms with van der Waals surface area (Å²) in [5.74, 6) is 0.537. The Morgan fingerprint density at radius 2 is 1.92 bits per heavy atom. The number of para-hydroxylation sites is 1. The van der Waals surface area contributed by atoms with E-state index in [0.717, 1.165) is 47.7 Å². The molecule has 3 fully saturated rings. The van der Waals surface area contributed by atoms with Crippen molar-refractivity contribution in [3.05, 3.63) is 65.7 Å². The van der Waals surface area contributed by atoms with Crippen molar-refractivity contribution in [2.75, 3.05) is 11.9 Å². The van der Waals surface area contributed by atoms with Crippen molar-refractivity contribution in [2.24, 2.45) is 15.9 Å². The number of amides is 1. The van der Waals surface area contributed by atoms with E-state index in [2.05, 4.69) is 39.5 Å². The lowest BCUT2D eigenvalue weighted by Gasteiger charge is -2.30. The second-order valence-corrected chi connectivity index (χ2v) is 11.0. The number of nitrogens with one attached hydrogen (secondary N) is 1. The van der Waals surface area contributed by atoms with Gasteiger partial charge in [0.15, 0.2) is 6.23 Å². The zero-order chi connectivity index (χ0) is 25.4. The highest BCUT2D eigenvalue weighted by molar-refractivity contribution is 6.16. The van der Waals surface area contributed by atoms with Gasteiger partial charge in [-0.25, -0.2) is 4.99 Å². The number of anilines is 1. The number of aliphatic hydroxyl groups is 1.